The maximum Gasteiger partial charge on any atom is 0.121 e. The maximum atomic E-state index is 5.27. The van der Waals surface area contributed by atoms with Crippen molar-refractivity contribution in [3.63, 3.8) is 0 Å². The van der Waals surface area contributed by atoms with Crippen LogP contribution in [0.25, 0.3) is 0 Å². The molecule has 0 fully saturated rings. The van der Waals surface area contributed by atoms with Crippen LogP contribution >= 0.6 is 11.3 Å². The molecule has 1 aromatic heterocycles. The lowest BCUT2D eigenvalue weighted by Crippen LogP contribution is -2.17. The van der Waals surface area contributed by atoms with E-state index < -0.39 is 0 Å². The van der Waals surface area contributed by atoms with Crippen molar-refractivity contribution < 1.29 is 4.74 Å². The van der Waals surface area contributed by atoms with Gasteiger partial charge in [0.05, 0.1) is 13.2 Å². The summed E-state index contributed by atoms with van der Waals surface area (Å²) < 4.78 is 5.27. The molecule has 0 spiro atoms. The van der Waals surface area contributed by atoms with Crippen molar-refractivity contribution in [3.8, 4) is 5.75 Å². The maximum absolute atomic E-state index is 5.27. The third kappa shape index (κ3) is 3.55. The molecule has 2 aromatic rings. The lowest BCUT2D eigenvalue weighted by atomic mass is 10.1. The first kappa shape index (κ1) is 14.0. The Bertz CT molecular complexity index is 551. The van der Waals surface area contributed by atoms with Crippen LogP contribution in [0.3, 0.4) is 0 Å². The molecule has 0 aliphatic rings. The van der Waals surface area contributed by atoms with Gasteiger partial charge in [0, 0.05) is 17.6 Å². The number of hydrogen-bond acceptors (Lipinski definition) is 4. The number of ether oxygens (including phenoxy) is 1. The molecule has 1 N–H and O–H groups in total. The van der Waals surface area contributed by atoms with E-state index in [9.17, 15) is 0 Å². The summed E-state index contributed by atoms with van der Waals surface area (Å²) in [5, 5.41) is 4.64. The predicted octanol–water partition coefficient (Wildman–Crippen LogP) is 3.62. The summed E-state index contributed by atoms with van der Waals surface area (Å²) in [5.41, 5.74) is 2.43. The predicted molar refractivity (Wildman–Crippen MR) is 79.8 cm³/mol. The van der Waals surface area contributed by atoms with E-state index in [0.717, 1.165) is 17.3 Å². The number of nitrogens with one attached hydrogen (secondary N) is 1. The highest BCUT2D eigenvalue weighted by Gasteiger charge is 2.09. The van der Waals surface area contributed by atoms with E-state index in [2.05, 4.69) is 43.2 Å². The molecule has 1 heterocycles. The van der Waals surface area contributed by atoms with Crippen molar-refractivity contribution in [2.45, 2.75) is 33.4 Å². The summed E-state index contributed by atoms with van der Waals surface area (Å²) in [5.74, 6) is 0.937. The first-order chi connectivity index (χ1) is 9.10. The van der Waals surface area contributed by atoms with E-state index >= 15 is 0 Å². The average molecular weight is 276 g/mol. The lowest BCUT2D eigenvalue weighted by Gasteiger charge is -2.12. The average Bonchev–Trinajstić information content (AvgIpc) is 2.83. The molecule has 2 rings (SSSR count). The minimum atomic E-state index is 0.279. The van der Waals surface area contributed by atoms with Gasteiger partial charge < -0.3 is 10.1 Å². The summed E-state index contributed by atoms with van der Waals surface area (Å²) in [7, 11) is 1.70. The Morgan fingerprint density at radius 1 is 1.37 bits per heavy atom. The van der Waals surface area contributed by atoms with Crippen molar-refractivity contribution in [3.05, 3.63) is 45.4 Å². The van der Waals surface area contributed by atoms with Crippen molar-refractivity contribution >= 4 is 11.3 Å². The van der Waals surface area contributed by atoms with E-state index in [4.69, 9.17) is 4.74 Å². The molecule has 1 atom stereocenters. The van der Waals surface area contributed by atoms with Crippen LogP contribution in [-0.2, 0) is 6.54 Å². The Morgan fingerprint density at radius 3 is 2.74 bits per heavy atom. The van der Waals surface area contributed by atoms with Gasteiger partial charge in [0.15, 0.2) is 0 Å². The zero-order valence-corrected chi connectivity index (χ0v) is 12.7. The van der Waals surface area contributed by atoms with Crippen LogP contribution in [0.4, 0.5) is 0 Å². The third-order valence-corrected chi connectivity index (χ3v) is 4.18. The minimum Gasteiger partial charge on any atom is -0.496 e. The van der Waals surface area contributed by atoms with Crippen molar-refractivity contribution in [1.29, 1.82) is 0 Å². The topological polar surface area (TPSA) is 34.1 Å². The van der Waals surface area contributed by atoms with Gasteiger partial charge in [-0.3, -0.25) is 0 Å². The first-order valence-corrected chi connectivity index (χ1v) is 7.21. The van der Waals surface area contributed by atoms with E-state index in [-0.39, 0.29) is 6.04 Å². The largest absolute Gasteiger partial charge is 0.496 e. The normalized spacial score (nSPS) is 12.4. The molecule has 102 valence electrons. The second-order valence-electron chi connectivity index (χ2n) is 4.72. The molecule has 1 aromatic carbocycles. The van der Waals surface area contributed by atoms with Crippen LogP contribution in [0, 0.1) is 13.8 Å². The van der Waals surface area contributed by atoms with E-state index in [0.29, 0.717) is 0 Å². The van der Waals surface area contributed by atoms with E-state index in [1.54, 1.807) is 18.4 Å². The second kappa shape index (κ2) is 6.17. The fourth-order valence-electron chi connectivity index (χ4n) is 1.98. The first-order valence-electron chi connectivity index (χ1n) is 6.39. The smallest absolute Gasteiger partial charge is 0.121 e. The molecule has 0 saturated carbocycles. The van der Waals surface area contributed by atoms with Crippen molar-refractivity contribution in [2.75, 3.05) is 7.11 Å². The SMILES string of the molecule is COc1ccc(CNC(C)c2ncc(C)s2)cc1C. The molecule has 0 saturated heterocycles. The van der Waals surface area contributed by atoms with Gasteiger partial charge in [0.2, 0.25) is 0 Å². The molecule has 19 heavy (non-hydrogen) atoms. The standard InChI is InChI=1S/C15H20N2OS/c1-10-7-13(5-6-14(10)18-4)9-16-12(3)15-17-8-11(2)19-15/h5-8,12,16H,9H2,1-4H3. The molecule has 0 amide bonds. The molecule has 0 bridgehead atoms. The molecule has 0 aliphatic heterocycles. The van der Waals surface area contributed by atoms with E-state index in [1.165, 1.54) is 16.0 Å². The molecule has 0 aliphatic carbocycles. The van der Waals surface area contributed by atoms with Crippen LogP contribution in [0.1, 0.15) is 34.0 Å². The van der Waals surface area contributed by atoms with Gasteiger partial charge in [-0.25, -0.2) is 4.98 Å². The number of nitrogens with zero attached hydrogens (tertiary/aromatic N) is 1. The lowest BCUT2D eigenvalue weighted by molar-refractivity contribution is 0.411. The summed E-state index contributed by atoms with van der Waals surface area (Å²) in [6.07, 6.45) is 1.93. The summed E-state index contributed by atoms with van der Waals surface area (Å²) in [4.78, 5) is 5.66. The van der Waals surface area contributed by atoms with Gasteiger partial charge in [-0.2, -0.15) is 0 Å². The van der Waals surface area contributed by atoms with Crippen molar-refractivity contribution in [1.82, 2.24) is 10.3 Å². The van der Waals surface area contributed by atoms with Gasteiger partial charge in [-0.05, 0) is 38.0 Å². The van der Waals surface area contributed by atoms with Crippen LogP contribution in [0.2, 0.25) is 0 Å². The quantitative estimate of drug-likeness (QED) is 0.905. The summed E-state index contributed by atoms with van der Waals surface area (Å²) in [6, 6.07) is 6.55. The van der Waals surface area contributed by atoms with Crippen LogP contribution in [0.15, 0.2) is 24.4 Å². The van der Waals surface area contributed by atoms with Gasteiger partial charge in [0.1, 0.15) is 10.8 Å². The highest BCUT2D eigenvalue weighted by Crippen LogP contribution is 2.21. The Morgan fingerprint density at radius 2 is 2.16 bits per heavy atom. The Kier molecular flexibility index (Phi) is 4.56. The molecule has 3 nitrogen and oxygen atoms in total. The monoisotopic (exact) mass is 276 g/mol. The van der Waals surface area contributed by atoms with Crippen LogP contribution in [0.5, 0.6) is 5.75 Å². The number of aryl methyl sites for hydroxylation is 2. The summed E-state index contributed by atoms with van der Waals surface area (Å²) in [6.45, 7) is 7.13. The number of thiazole rings is 1. The Hall–Kier alpha value is -1.39. The highest BCUT2D eigenvalue weighted by atomic mass is 32.1. The number of hydrogen-bond donors (Lipinski definition) is 1. The fourth-order valence-corrected chi connectivity index (χ4v) is 2.78. The number of benzene rings is 1. The highest BCUT2D eigenvalue weighted by molar-refractivity contribution is 7.11. The Labute approximate surface area is 118 Å². The zero-order valence-electron chi connectivity index (χ0n) is 11.9. The molecule has 1 unspecified atom stereocenters. The van der Waals surface area contributed by atoms with Crippen LogP contribution < -0.4 is 10.1 Å². The fraction of sp³-hybridized carbons (Fsp3) is 0.400. The molecule has 4 heteroatoms. The minimum absolute atomic E-state index is 0.279. The number of aromatic nitrogens is 1. The second-order valence-corrected chi connectivity index (χ2v) is 5.98. The number of methoxy groups -OCH3 is 1. The van der Waals surface area contributed by atoms with Gasteiger partial charge >= 0.3 is 0 Å². The van der Waals surface area contributed by atoms with Crippen molar-refractivity contribution in [2.24, 2.45) is 0 Å². The molecular formula is C15H20N2OS. The van der Waals surface area contributed by atoms with Crippen LogP contribution in [-0.4, -0.2) is 12.1 Å². The van der Waals surface area contributed by atoms with Gasteiger partial charge in [-0.1, -0.05) is 12.1 Å². The van der Waals surface area contributed by atoms with E-state index in [1.807, 2.05) is 12.3 Å². The molecule has 0 radical (unpaired) electrons. The molecular weight excluding hydrogens is 256 g/mol. The third-order valence-electron chi connectivity index (χ3n) is 3.08. The Balaban J connectivity index is 1.97. The van der Waals surface area contributed by atoms with Gasteiger partial charge in [0.25, 0.3) is 0 Å². The summed E-state index contributed by atoms with van der Waals surface area (Å²) >= 11 is 1.75. The number of rotatable bonds is 5. The zero-order chi connectivity index (χ0) is 13.8. The van der Waals surface area contributed by atoms with Gasteiger partial charge in [-0.15, -0.1) is 11.3 Å².